The topological polar surface area (TPSA) is 84.5 Å². The molecular weight excluding hydrogens is 471 g/mol. The van der Waals surface area contributed by atoms with Crippen LogP contribution in [0.3, 0.4) is 0 Å². The van der Waals surface area contributed by atoms with Crippen LogP contribution in [0.15, 0.2) is 77.7 Å². The van der Waals surface area contributed by atoms with Crippen molar-refractivity contribution in [1.29, 1.82) is 0 Å². The highest BCUT2D eigenvalue weighted by molar-refractivity contribution is 7.89. The summed E-state index contributed by atoms with van der Waals surface area (Å²) in [4.78, 5) is 12.1. The fraction of sp³-hybridized carbons (Fsp3) is 0.174. The SMILES string of the molecule is C[C@H](NS(=O)(=O)c1ccc(OCC(=O)NCc2ccc(Cl)cc2Cl)cc1)c1ccccc1. The summed E-state index contributed by atoms with van der Waals surface area (Å²) in [5.41, 5.74) is 1.60. The van der Waals surface area contributed by atoms with E-state index in [0.717, 1.165) is 11.1 Å². The van der Waals surface area contributed by atoms with Gasteiger partial charge in [-0.05, 0) is 54.4 Å². The lowest BCUT2D eigenvalue weighted by Gasteiger charge is -2.15. The van der Waals surface area contributed by atoms with E-state index >= 15 is 0 Å². The first-order valence-corrected chi connectivity index (χ1v) is 12.0. The van der Waals surface area contributed by atoms with Gasteiger partial charge < -0.3 is 10.1 Å². The molecule has 1 amide bonds. The van der Waals surface area contributed by atoms with Gasteiger partial charge in [0, 0.05) is 22.6 Å². The van der Waals surface area contributed by atoms with Crippen molar-refractivity contribution in [3.63, 3.8) is 0 Å². The van der Waals surface area contributed by atoms with Gasteiger partial charge >= 0.3 is 0 Å². The lowest BCUT2D eigenvalue weighted by atomic mass is 10.1. The van der Waals surface area contributed by atoms with E-state index in [9.17, 15) is 13.2 Å². The molecule has 0 aliphatic carbocycles. The molecule has 6 nitrogen and oxygen atoms in total. The Bertz CT molecular complexity index is 1170. The average Bonchev–Trinajstić information content (AvgIpc) is 2.77. The Kier molecular flexibility index (Phi) is 8.15. The van der Waals surface area contributed by atoms with Gasteiger partial charge in [-0.2, -0.15) is 0 Å². The second-order valence-corrected chi connectivity index (χ2v) is 9.58. The maximum Gasteiger partial charge on any atom is 0.258 e. The Labute approximate surface area is 197 Å². The maximum absolute atomic E-state index is 12.6. The van der Waals surface area contributed by atoms with E-state index in [-0.39, 0.29) is 30.0 Å². The van der Waals surface area contributed by atoms with Gasteiger partial charge in [-0.25, -0.2) is 13.1 Å². The third-order valence-electron chi connectivity index (χ3n) is 4.63. The van der Waals surface area contributed by atoms with Gasteiger partial charge in [0.25, 0.3) is 5.91 Å². The van der Waals surface area contributed by atoms with Crippen LogP contribution < -0.4 is 14.8 Å². The van der Waals surface area contributed by atoms with Crippen LogP contribution in [0.5, 0.6) is 5.75 Å². The first-order chi connectivity index (χ1) is 15.2. The molecule has 32 heavy (non-hydrogen) atoms. The molecular formula is C23H22Cl2N2O4S. The Morgan fingerprint density at radius 2 is 1.69 bits per heavy atom. The third-order valence-corrected chi connectivity index (χ3v) is 6.77. The lowest BCUT2D eigenvalue weighted by molar-refractivity contribution is -0.123. The van der Waals surface area contributed by atoms with Crippen LogP contribution in [-0.4, -0.2) is 20.9 Å². The molecule has 0 spiro atoms. The van der Waals surface area contributed by atoms with Crippen LogP contribution >= 0.6 is 23.2 Å². The molecule has 0 bridgehead atoms. The van der Waals surface area contributed by atoms with Gasteiger partial charge in [0.05, 0.1) is 4.90 Å². The summed E-state index contributed by atoms with van der Waals surface area (Å²) in [7, 11) is -3.71. The quantitative estimate of drug-likeness (QED) is 0.452. The molecule has 0 fully saturated rings. The monoisotopic (exact) mass is 492 g/mol. The molecule has 0 saturated heterocycles. The molecule has 0 aliphatic rings. The number of sulfonamides is 1. The van der Waals surface area contributed by atoms with Crippen LogP contribution in [-0.2, 0) is 21.4 Å². The van der Waals surface area contributed by atoms with Crippen LogP contribution in [0.25, 0.3) is 0 Å². The van der Waals surface area contributed by atoms with E-state index in [1.165, 1.54) is 24.3 Å². The predicted octanol–water partition coefficient (Wildman–Crippen LogP) is 4.73. The molecule has 0 saturated carbocycles. The van der Waals surface area contributed by atoms with Crippen molar-refractivity contribution < 1.29 is 17.9 Å². The van der Waals surface area contributed by atoms with Crippen molar-refractivity contribution in [2.45, 2.75) is 24.4 Å². The van der Waals surface area contributed by atoms with Gasteiger partial charge in [0.2, 0.25) is 10.0 Å². The molecule has 0 aliphatic heterocycles. The Balaban J connectivity index is 1.52. The first kappa shape index (κ1) is 24.1. The minimum atomic E-state index is -3.71. The van der Waals surface area contributed by atoms with Crippen molar-refractivity contribution in [1.82, 2.24) is 10.0 Å². The van der Waals surface area contributed by atoms with Gasteiger partial charge in [0.15, 0.2) is 6.61 Å². The predicted molar refractivity (Wildman–Crippen MR) is 125 cm³/mol. The van der Waals surface area contributed by atoms with E-state index in [2.05, 4.69) is 10.0 Å². The van der Waals surface area contributed by atoms with E-state index in [0.29, 0.717) is 15.8 Å². The highest BCUT2D eigenvalue weighted by atomic mass is 35.5. The molecule has 0 aromatic heterocycles. The number of amides is 1. The summed E-state index contributed by atoms with van der Waals surface area (Å²) < 4.78 is 33.3. The zero-order chi connectivity index (χ0) is 23.1. The second-order valence-electron chi connectivity index (χ2n) is 7.03. The maximum atomic E-state index is 12.6. The zero-order valence-electron chi connectivity index (χ0n) is 17.2. The lowest BCUT2D eigenvalue weighted by Crippen LogP contribution is -2.28. The average molecular weight is 493 g/mol. The molecule has 168 valence electrons. The summed E-state index contributed by atoms with van der Waals surface area (Å²) in [5.74, 6) is 0.0331. The number of hydrogen-bond acceptors (Lipinski definition) is 4. The normalized spacial score (nSPS) is 12.2. The van der Waals surface area contributed by atoms with Crippen molar-refractivity contribution in [2.75, 3.05) is 6.61 Å². The zero-order valence-corrected chi connectivity index (χ0v) is 19.5. The number of carbonyl (C=O) groups excluding carboxylic acids is 1. The van der Waals surface area contributed by atoms with Crippen molar-refractivity contribution in [3.8, 4) is 5.75 Å². The Morgan fingerprint density at radius 3 is 2.34 bits per heavy atom. The molecule has 0 unspecified atom stereocenters. The standard InChI is InChI=1S/C23H22Cl2N2O4S/c1-16(17-5-3-2-4-6-17)27-32(29,30)21-11-9-20(10-12-21)31-15-23(28)26-14-18-7-8-19(24)13-22(18)25/h2-13,16,27H,14-15H2,1H3,(H,26,28)/t16-/m0/s1. The van der Waals surface area contributed by atoms with Crippen LogP contribution in [0, 0.1) is 0 Å². The molecule has 1 atom stereocenters. The minimum absolute atomic E-state index is 0.106. The number of nitrogens with one attached hydrogen (secondary N) is 2. The highest BCUT2D eigenvalue weighted by Gasteiger charge is 2.18. The number of ether oxygens (including phenoxy) is 1. The molecule has 3 rings (SSSR count). The highest BCUT2D eigenvalue weighted by Crippen LogP contribution is 2.21. The van der Waals surface area contributed by atoms with Crippen LogP contribution in [0.2, 0.25) is 10.0 Å². The summed E-state index contributed by atoms with van der Waals surface area (Å²) in [6.07, 6.45) is 0. The molecule has 2 N–H and O–H groups in total. The smallest absolute Gasteiger partial charge is 0.258 e. The number of halogens is 2. The number of rotatable bonds is 9. The molecule has 9 heteroatoms. The Hall–Kier alpha value is -2.58. The summed E-state index contributed by atoms with van der Waals surface area (Å²) in [6, 6.07) is 19.8. The fourth-order valence-electron chi connectivity index (χ4n) is 2.88. The van der Waals surface area contributed by atoms with E-state index < -0.39 is 10.0 Å². The van der Waals surface area contributed by atoms with E-state index in [4.69, 9.17) is 27.9 Å². The first-order valence-electron chi connectivity index (χ1n) is 9.75. The van der Waals surface area contributed by atoms with Gasteiger partial charge in [-0.15, -0.1) is 0 Å². The van der Waals surface area contributed by atoms with Crippen LogP contribution in [0.1, 0.15) is 24.1 Å². The van der Waals surface area contributed by atoms with Gasteiger partial charge in [-0.3, -0.25) is 4.79 Å². The molecule has 3 aromatic rings. The van der Waals surface area contributed by atoms with Crippen molar-refractivity contribution in [2.24, 2.45) is 0 Å². The number of hydrogen-bond donors (Lipinski definition) is 2. The molecule has 0 radical (unpaired) electrons. The molecule has 0 heterocycles. The number of benzene rings is 3. The van der Waals surface area contributed by atoms with E-state index in [1.807, 2.05) is 30.3 Å². The van der Waals surface area contributed by atoms with Crippen LogP contribution in [0.4, 0.5) is 0 Å². The van der Waals surface area contributed by atoms with Gasteiger partial charge in [0.1, 0.15) is 5.75 Å². The second kappa shape index (κ2) is 10.8. The summed E-state index contributed by atoms with van der Waals surface area (Å²) >= 11 is 11.9. The van der Waals surface area contributed by atoms with Gasteiger partial charge in [-0.1, -0.05) is 59.6 Å². The largest absolute Gasteiger partial charge is 0.484 e. The summed E-state index contributed by atoms with van der Waals surface area (Å²) in [6.45, 7) is 1.79. The third kappa shape index (κ3) is 6.71. The molecule has 3 aromatic carbocycles. The van der Waals surface area contributed by atoms with Crippen molar-refractivity contribution >= 4 is 39.1 Å². The fourth-order valence-corrected chi connectivity index (χ4v) is 4.59. The van der Waals surface area contributed by atoms with E-state index in [1.54, 1.807) is 25.1 Å². The Morgan fingerprint density at radius 1 is 1.00 bits per heavy atom. The summed E-state index contributed by atoms with van der Waals surface area (Å²) in [5, 5.41) is 3.69. The number of carbonyl (C=O) groups is 1. The minimum Gasteiger partial charge on any atom is -0.484 e. The van der Waals surface area contributed by atoms with Crippen molar-refractivity contribution in [3.05, 3.63) is 94.0 Å².